The van der Waals surface area contributed by atoms with Crippen molar-refractivity contribution in [1.29, 1.82) is 0 Å². The first-order valence-electron chi connectivity index (χ1n) is 8.85. The zero-order valence-electron chi connectivity index (χ0n) is 14.6. The molecule has 0 saturated heterocycles. The third-order valence-electron chi connectivity index (χ3n) is 4.22. The summed E-state index contributed by atoms with van der Waals surface area (Å²) in [4.78, 5) is 14.6. The zero-order chi connectivity index (χ0) is 16.7. The third-order valence-corrected chi connectivity index (χ3v) is 4.22. The lowest BCUT2D eigenvalue weighted by Gasteiger charge is -2.22. The molecule has 1 N–H and O–H groups in total. The van der Waals surface area contributed by atoms with E-state index in [2.05, 4.69) is 42.8 Å². The smallest absolute Gasteiger partial charge is 0.321 e. The Bertz CT molecular complexity index is 625. The second-order valence-electron chi connectivity index (χ2n) is 5.97. The maximum atomic E-state index is 12.7. The molecule has 2 rings (SSSR count). The number of hydrogen-bond acceptors (Lipinski definition) is 1. The summed E-state index contributed by atoms with van der Waals surface area (Å²) in [7, 11) is 0. The number of hydrogen-bond donors (Lipinski definition) is 1. The number of fused-ring (bicyclic) bond motifs is 1. The summed E-state index contributed by atoms with van der Waals surface area (Å²) in [5.41, 5.74) is 2.07. The summed E-state index contributed by atoms with van der Waals surface area (Å²) in [5.74, 6) is 0. The average Bonchev–Trinajstić information content (AvgIpc) is 2.93. The summed E-state index contributed by atoms with van der Waals surface area (Å²) < 4.78 is 2.17. The summed E-state index contributed by atoms with van der Waals surface area (Å²) in [6.07, 6.45) is 6.35. The first-order chi connectivity index (χ1) is 11.2. The molecule has 0 bridgehead atoms. The van der Waals surface area contributed by atoms with E-state index in [1.54, 1.807) is 0 Å². The van der Waals surface area contributed by atoms with E-state index in [0.29, 0.717) is 0 Å². The van der Waals surface area contributed by atoms with Crippen LogP contribution in [0.5, 0.6) is 0 Å². The van der Waals surface area contributed by atoms with Gasteiger partial charge in [0.1, 0.15) is 0 Å². The van der Waals surface area contributed by atoms with E-state index in [1.165, 1.54) is 5.52 Å². The number of carbonyl (C=O) groups is 1. The molecule has 0 unspecified atom stereocenters. The van der Waals surface area contributed by atoms with Crippen molar-refractivity contribution in [3.05, 3.63) is 30.5 Å². The standard InChI is InChI=1S/C19H29N3O/c1-4-7-13-22(14-8-5-2)19(23)20-17-15-21(6-3)18-12-10-9-11-16(17)18/h9-12,15H,4-8,13-14H2,1-3H3,(H,20,23). The highest BCUT2D eigenvalue weighted by Crippen LogP contribution is 2.26. The highest BCUT2D eigenvalue weighted by Gasteiger charge is 2.15. The molecule has 4 nitrogen and oxygen atoms in total. The first-order valence-corrected chi connectivity index (χ1v) is 8.85. The Kier molecular flexibility index (Phi) is 6.51. The topological polar surface area (TPSA) is 37.3 Å². The molecular formula is C19H29N3O. The van der Waals surface area contributed by atoms with Gasteiger partial charge in [-0.1, -0.05) is 44.9 Å². The number of benzene rings is 1. The van der Waals surface area contributed by atoms with E-state index in [1.807, 2.05) is 23.2 Å². The van der Waals surface area contributed by atoms with Gasteiger partial charge < -0.3 is 14.8 Å². The van der Waals surface area contributed by atoms with Crippen molar-refractivity contribution in [3.8, 4) is 0 Å². The molecule has 2 amide bonds. The van der Waals surface area contributed by atoms with Crippen LogP contribution in [0.1, 0.15) is 46.5 Å². The minimum Gasteiger partial charge on any atom is -0.346 e. The van der Waals surface area contributed by atoms with Gasteiger partial charge in [0, 0.05) is 31.2 Å². The summed E-state index contributed by atoms with van der Waals surface area (Å²) in [6, 6.07) is 8.24. The maximum absolute atomic E-state index is 12.7. The minimum atomic E-state index is 0.0194. The summed E-state index contributed by atoms with van der Waals surface area (Å²) in [5, 5.41) is 4.23. The molecule has 0 radical (unpaired) electrons. The van der Waals surface area contributed by atoms with Gasteiger partial charge in [-0.3, -0.25) is 0 Å². The highest BCUT2D eigenvalue weighted by atomic mass is 16.2. The van der Waals surface area contributed by atoms with Crippen LogP contribution in [0.3, 0.4) is 0 Å². The zero-order valence-corrected chi connectivity index (χ0v) is 14.6. The van der Waals surface area contributed by atoms with E-state index in [4.69, 9.17) is 0 Å². The normalized spacial score (nSPS) is 10.9. The van der Waals surface area contributed by atoms with Crippen LogP contribution in [0, 0.1) is 0 Å². The highest BCUT2D eigenvalue weighted by molar-refractivity contribution is 6.01. The average molecular weight is 315 g/mol. The van der Waals surface area contributed by atoms with E-state index in [-0.39, 0.29) is 6.03 Å². The van der Waals surface area contributed by atoms with Gasteiger partial charge in [0.05, 0.1) is 11.2 Å². The fourth-order valence-corrected chi connectivity index (χ4v) is 2.82. The van der Waals surface area contributed by atoms with Crippen molar-refractivity contribution in [2.24, 2.45) is 0 Å². The van der Waals surface area contributed by atoms with Crippen LogP contribution in [0.4, 0.5) is 10.5 Å². The first kappa shape index (κ1) is 17.4. The predicted molar refractivity (Wildman–Crippen MR) is 98.0 cm³/mol. The van der Waals surface area contributed by atoms with Crippen LogP contribution in [0.25, 0.3) is 10.9 Å². The van der Waals surface area contributed by atoms with Gasteiger partial charge in [0.15, 0.2) is 0 Å². The number of carbonyl (C=O) groups excluding carboxylic acids is 1. The number of rotatable bonds is 8. The molecule has 0 spiro atoms. The van der Waals surface area contributed by atoms with Crippen molar-refractivity contribution in [1.82, 2.24) is 9.47 Å². The van der Waals surface area contributed by atoms with Crippen LogP contribution < -0.4 is 5.32 Å². The maximum Gasteiger partial charge on any atom is 0.321 e. The van der Waals surface area contributed by atoms with Crippen LogP contribution in [0.15, 0.2) is 30.5 Å². The number of nitrogens with one attached hydrogen (secondary N) is 1. The van der Waals surface area contributed by atoms with Crippen LogP contribution in [-0.2, 0) is 6.54 Å². The second-order valence-corrected chi connectivity index (χ2v) is 5.97. The van der Waals surface area contributed by atoms with Crippen molar-refractivity contribution < 1.29 is 4.79 Å². The largest absolute Gasteiger partial charge is 0.346 e. The monoisotopic (exact) mass is 315 g/mol. The molecule has 1 aromatic heterocycles. The van der Waals surface area contributed by atoms with Crippen molar-refractivity contribution in [2.45, 2.75) is 53.0 Å². The van der Waals surface area contributed by atoms with Gasteiger partial charge in [0.2, 0.25) is 0 Å². The Morgan fingerprint density at radius 3 is 2.35 bits per heavy atom. The fourth-order valence-electron chi connectivity index (χ4n) is 2.82. The molecule has 1 aromatic carbocycles. The van der Waals surface area contributed by atoms with Gasteiger partial charge in [0.25, 0.3) is 0 Å². The quantitative estimate of drug-likeness (QED) is 0.723. The van der Waals surface area contributed by atoms with Gasteiger partial charge in [-0.15, -0.1) is 0 Å². The number of para-hydroxylation sites is 1. The second kappa shape index (κ2) is 8.61. The van der Waals surface area contributed by atoms with Crippen molar-refractivity contribution in [3.63, 3.8) is 0 Å². The van der Waals surface area contributed by atoms with Gasteiger partial charge in [-0.05, 0) is 25.8 Å². The molecule has 0 aliphatic heterocycles. The van der Waals surface area contributed by atoms with E-state index < -0.39 is 0 Å². The SMILES string of the molecule is CCCCN(CCCC)C(=O)Nc1cn(CC)c2ccccc12. The number of aryl methyl sites for hydroxylation is 1. The lowest BCUT2D eigenvalue weighted by molar-refractivity contribution is 0.210. The molecule has 2 aromatic rings. The molecule has 126 valence electrons. The van der Waals surface area contributed by atoms with Crippen LogP contribution in [-0.4, -0.2) is 28.6 Å². The molecule has 0 atom stereocenters. The lowest BCUT2D eigenvalue weighted by Crippen LogP contribution is -2.36. The minimum absolute atomic E-state index is 0.0194. The molecular weight excluding hydrogens is 286 g/mol. The van der Waals surface area contributed by atoms with Crippen LogP contribution >= 0.6 is 0 Å². The molecule has 4 heteroatoms. The number of anilines is 1. The van der Waals surface area contributed by atoms with E-state index in [0.717, 1.165) is 56.4 Å². The van der Waals surface area contributed by atoms with Crippen molar-refractivity contribution in [2.75, 3.05) is 18.4 Å². The predicted octanol–water partition coefficient (Wildman–Crippen LogP) is 5.10. The summed E-state index contributed by atoms with van der Waals surface area (Å²) in [6.45, 7) is 8.98. The molecule has 23 heavy (non-hydrogen) atoms. The lowest BCUT2D eigenvalue weighted by atomic mass is 10.2. The van der Waals surface area contributed by atoms with E-state index in [9.17, 15) is 4.79 Å². The molecule has 0 fully saturated rings. The molecule has 1 heterocycles. The third kappa shape index (κ3) is 4.27. The Balaban J connectivity index is 2.17. The van der Waals surface area contributed by atoms with Gasteiger partial charge in [-0.25, -0.2) is 4.79 Å². The number of unbranched alkanes of at least 4 members (excludes halogenated alkanes) is 2. The Morgan fingerprint density at radius 2 is 1.74 bits per heavy atom. The molecule has 0 aliphatic carbocycles. The fraction of sp³-hybridized carbons (Fsp3) is 0.526. The number of aromatic nitrogens is 1. The summed E-state index contributed by atoms with van der Waals surface area (Å²) >= 11 is 0. The van der Waals surface area contributed by atoms with E-state index >= 15 is 0 Å². The Labute approximate surface area is 139 Å². The number of amides is 2. The number of nitrogens with zero attached hydrogens (tertiary/aromatic N) is 2. The van der Waals surface area contributed by atoms with Gasteiger partial charge >= 0.3 is 6.03 Å². The Hall–Kier alpha value is -1.97. The molecule has 0 aliphatic rings. The molecule has 0 saturated carbocycles. The van der Waals surface area contributed by atoms with Gasteiger partial charge in [-0.2, -0.15) is 0 Å². The van der Waals surface area contributed by atoms with Crippen LogP contribution in [0.2, 0.25) is 0 Å². The number of urea groups is 1. The Morgan fingerprint density at radius 1 is 1.09 bits per heavy atom. The van der Waals surface area contributed by atoms with Crippen molar-refractivity contribution >= 4 is 22.6 Å².